The Labute approximate surface area is 116 Å². The quantitative estimate of drug-likeness (QED) is 0.745. The molecule has 1 aliphatic rings. The molecule has 1 aromatic carbocycles. The number of hydrogen-bond donors (Lipinski definition) is 0. The minimum Gasteiger partial charge on any atom is -0.456 e. The largest absolute Gasteiger partial charge is 0.456 e. The van der Waals surface area contributed by atoms with Crippen LogP contribution in [0.5, 0.6) is 0 Å². The van der Waals surface area contributed by atoms with Gasteiger partial charge < -0.3 is 9.32 Å². The van der Waals surface area contributed by atoms with Crippen LogP contribution in [0.3, 0.4) is 0 Å². The van der Waals surface area contributed by atoms with Crippen molar-refractivity contribution in [1.29, 1.82) is 5.26 Å². The van der Waals surface area contributed by atoms with Crippen molar-refractivity contribution in [2.75, 3.05) is 13.6 Å². The minimum absolute atomic E-state index is 0.758. The molecule has 0 saturated heterocycles. The summed E-state index contributed by atoms with van der Waals surface area (Å²) in [4.78, 5) is 2.24. The number of nitriles is 1. The molecule has 0 N–H and O–H groups in total. The summed E-state index contributed by atoms with van der Waals surface area (Å²) in [5.41, 5.74) is 3.13. The van der Waals surface area contributed by atoms with Crippen LogP contribution in [0, 0.1) is 11.3 Å². The molecule has 19 heavy (non-hydrogen) atoms. The summed E-state index contributed by atoms with van der Waals surface area (Å²) in [5, 5.41) is 10.6. The van der Waals surface area contributed by atoms with Crippen molar-refractivity contribution in [3.63, 3.8) is 0 Å². The molecule has 4 heteroatoms. The molecule has 1 aliphatic heterocycles. The Hall–Kier alpha value is -1.76. The molecule has 0 spiro atoms. The molecule has 0 radical (unpaired) electrons. The van der Waals surface area contributed by atoms with Gasteiger partial charge in [-0.15, -0.1) is 0 Å². The van der Waals surface area contributed by atoms with E-state index in [2.05, 4.69) is 11.9 Å². The lowest BCUT2D eigenvalue weighted by Gasteiger charge is -2.12. The molecular weight excluding hydrogens is 260 g/mol. The van der Waals surface area contributed by atoms with Gasteiger partial charge in [0.15, 0.2) is 0 Å². The predicted molar refractivity (Wildman–Crippen MR) is 75.9 cm³/mol. The van der Waals surface area contributed by atoms with Gasteiger partial charge in [-0.3, -0.25) is 0 Å². The Morgan fingerprint density at radius 1 is 1.42 bits per heavy atom. The fraction of sp³-hybridized carbons (Fsp3) is 0.267. The second-order valence-corrected chi connectivity index (χ2v) is 5.20. The van der Waals surface area contributed by atoms with E-state index in [-0.39, 0.29) is 0 Å². The smallest absolute Gasteiger partial charge is 0.135 e. The number of hydrogen-bond acceptors (Lipinski definition) is 3. The average Bonchev–Trinajstić information content (AvgIpc) is 2.62. The summed E-state index contributed by atoms with van der Waals surface area (Å²) >= 11 is 6.31. The summed E-state index contributed by atoms with van der Waals surface area (Å²) < 4.78 is 5.85. The Kier molecular flexibility index (Phi) is 3.06. The third-order valence-corrected chi connectivity index (χ3v) is 3.87. The number of likely N-dealkylation sites (N-methyl/N-ethyl adjacent to an activating group) is 1. The van der Waals surface area contributed by atoms with Crippen molar-refractivity contribution >= 4 is 28.6 Å². The summed E-state index contributed by atoms with van der Waals surface area (Å²) in [7, 11) is 2.08. The summed E-state index contributed by atoms with van der Waals surface area (Å²) in [6.07, 6.45) is 4.09. The molecule has 0 fully saturated rings. The predicted octanol–water partition coefficient (Wildman–Crippen LogP) is 3.61. The fourth-order valence-corrected chi connectivity index (χ4v) is 2.87. The maximum Gasteiger partial charge on any atom is 0.135 e. The second-order valence-electron chi connectivity index (χ2n) is 4.79. The van der Waals surface area contributed by atoms with Crippen molar-refractivity contribution in [3.8, 4) is 6.07 Å². The first-order valence-corrected chi connectivity index (χ1v) is 6.56. The molecule has 3 nitrogen and oxygen atoms in total. The number of furan rings is 1. The summed E-state index contributed by atoms with van der Waals surface area (Å²) in [5.74, 6) is 0.758. The van der Waals surface area contributed by atoms with Gasteiger partial charge in [0.25, 0.3) is 0 Å². The molecule has 0 amide bonds. The Balaban J connectivity index is 2.31. The van der Waals surface area contributed by atoms with Crippen LogP contribution in [-0.4, -0.2) is 18.5 Å². The van der Waals surface area contributed by atoms with Crippen LogP contribution in [-0.2, 0) is 13.0 Å². The van der Waals surface area contributed by atoms with E-state index in [0.29, 0.717) is 0 Å². The van der Waals surface area contributed by atoms with Gasteiger partial charge in [0.2, 0.25) is 0 Å². The van der Waals surface area contributed by atoms with Crippen LogP contribution in [0.1, 0.15) is 16.9 Å². The lowest BCUT2D eigenvalue weighted by molar-refractivity contribution is 0.334. The van der Waals surface area contributed by atoms with Crippen molar-refractivity contribution < 1.29 is 4.42 Å². The second kappa shape index (κ2) is 4.73. The van der Waals surface area contributed by atoms with Gasteiger partial charge >= 0.3 is 0 Å². The highest BCUT2D eigenvalue weighted by atomic mass is 35.5. The standard InChI is InChI=1S/C15H13ClN2O/c1-18-8-6-10-12(16)4-5-14-15(10)11(9-18)13(19-14)3-2-7-17/h2-5H,6,8-9H2,1H3. The number of halogens is 1. The zero-order valence-electron chi connectivity index (χ0n) is 10.6. The zero-order valence-corrected chi connectivity index (χ0v) is 11.4. The molecule has 0 saturated carbocycles. The third-order valence-electron chi connectivity index (χ3n) is 3.52. The number of allylic oxidation sites excluding steroid dienone is 1. The van der Waals surface area contributed by atoms with E-state index >= 15 is 0 Å². The van der Waals surface area contributed by atoms with Gasteiger partial charge in [-0.05, 0) is 37.2 Å². The van der Waals surface area contributed by atoms with Crippen LogP contribution < -0.4 is 0 Å². The fourth-order valence-electron chi connectivity index (χ4n) is 2.62. The van der Waals surface area contributed by atoms with Gasteiger partial charge in [-0.1, -0.05) is 11.6 Å². The van der Waals surface area contributed by atoms with Crippen molar-refractivity contribution in [2.24, 2.45) is 0 Å². The SMILES string of the molecule is CN1CCc2c(Cl)ccc3oc(C=CC#N)c(c23)C1. The van der Waals surface area contributed by atoms with Gasteiger partial charge in [0.1, 0.15) is 11.3 Å². The molecule has 0 unspecified atom stereocenters. The maximum absolute atomic E-state index is 8.68. The maximum atomic E-state index is 8.68. The molecular formula is C15H13ClN2O. The number of rotatable bonds is 1. The van der Waals surface area contributed by atoms with Crippen LogP contribution in [0.4, 0.5) is 0 Å². The van der Waals surface area contributed by atoms with Gasteiger partial charge in [-0.2, -0.15) is 5.26 Å². The molecule has 3 rings (SSSR count). The van der Waals surface area contributed by atoms with Crippen molar-refractivity contribution in [3.05, 3.63) is 40.1 Å². The van der Waals surface area contributed by atoms with Crippen molar-refractivity contribution in [1.82, 2.24) is 4.90 Å². The zero-order chi connectivity index (χ0) is 13.4. The Bertz CT molecular complexity index is 709. The molecule has 0 bridgehead atoms. The van der Waals surface area contributed by atoms with E-state index in [9.17, 15) is 0 Å². The minimum atomic E-state index is 0.758. The first kappa shape index (κ1) is 12.3. The topological polar surface area (TPSA) is 40.2 Å². The van der Waals surface area contributed by atoms with E-state index < -0.39 is 0 Å². The highest BCUT2D eigenvalue weighted by Crippen LogP contribution is 2.36. The molecule has 0 atom stereocenters. The summed E-state index contributed by atoms with van der Waals surface area (Å²) in [6, 6.07) is 5.79. The highest BCUT2D eigenvalue weighted by molar-refractivity contribution is 6.32. The normalized spacial score (nSPS) is 15.8. The van der Waals surface area contributed by atoms with Gasteiger partial charge in [0, 0.05) is 35.1 Å². The van der Waals surface area contributed by atoms with Gasteiger partial charge in [0.05, 0.1) is 6.07 Å². The first-order valence-electron chi connectivity index (χ1n) is 6.18. The lowest BCUT2D eigenvalue weighted by atomic mass is 10.0. The molecule has 2 heterocycles. The van der Waals surface area contributed by atoms with E-state index in [1.54, 1.807) is 6.08 Å². The number of benzene rings is 1. The van der Waals surface area contributed by atoms with E-state index in [1.807, 2.05) is 18.2 Å². The van der Waals surface area contributed by atoms with Crippen molar-refractivity contribution in [2.45, 2.75) is 13.0 Å². The van der Waals surface area contributed by atoms with Crippen LogP contribution in [0.2, 0.25) is 5.02 Å². The monoisotopic (exact) mass is 272 g/mol. The lowest BCUT2D eigenvalue weighted by Crippen LogP contribution is -2.18. The molecule has 2 aromatic rings. The Morgan fingerprint density at radius 2 is 2.26 bits per heavy atom. The Morgan fingerprint density at radius 3 is 3.05 bits per heavy atom. The highest BCUT2D eigenvalue weighted by Gasteiger charge is 2.22. The molecule has 0 aliphatic carbocycles. The van der Waals surface area contributed by atoms with E-state index in [4.69, 9.17) is 21.3 Å². The third kappa shape index (κ3) is 2.03. The van der Waals surface area contributed by atoms with Crippen LogP contribution >= 0.6 is 11.6 Å². The molecule has 1 aromatic heterocycles. The molecule has 96 valence electrons. The van der Waals surface area contributed by atoms with E-state index in [1.165, 1.54) is 6.08 Å². The van der Waals surface area contributed by atoms with Crippen LogP contribution in [0.15, 0.2) is 22.6 Å². The summed E-state index contributed by atoms with van der Waals surface area (Å²) in [6.45, 7) is 1.78. The van der Waals surface area contributed by atoms with Gasteiger partial charge in [-0.25, -0.2) is 0 Å². The number of nitrogens with zero attached hydrogens (tertiary/aromatic N) is 2. The van der Waals surface area contributed by atoms with E-state index in [0.717, 1.165) is 52.4 Å². The first-order chi connectivity index (χ1) is 9.20. The van der Waals surface area contributed by atoms with Crippen LogP contribution in [0.25, 0.3) is 17.0 Å². The average molecular weight is 273 g/mol.